The van der Waals surface area contributed by atoms with Gasteiger partial charge in [-0.3, -0.25) is 14.4 Å². The zero-order valence-electron chi connectivity index (χ0n) is 41.5. The van der Waals surface area contributed by atoms with Crippen molar-refractivity contribution in [1.29, 1.82) is 0 Å². The molecule has 0 saturated carbocycles. The maximum Gasteiger partial charge on any atom is 0.193 e. The van der Waals surface area contributed by atoms with E-state index in [-0.39, 0.29) is 61.3 Å². The Hall–Kier alpha value is -6.53. The van der Waals surface area contributed by atoms with E-state index >= 15 is 40.7 Å². The van der Waals surface area contributed by atoms with Crippen LogP contribution in [0.15, 0.2) is 107 Å². The van der Waals surface area contributed by atoms with Crippen molar-refractivity contribution in [1.82, 2.24) is 21.3 Å². The van der Waals surface area contributed by atoms with Gasteiger partial charge >= 0.3 is 0 Å². The number of carbonyl (C=O) groups is 3. The molecule has 2 aliphatic carbocycles. The van der Waals surface area contributed by atoms with Gasteiger partial charge in [0.1, 0.15) is 11.6 Å². The quantitative estimate of drug-likeness (QED) is 0.0396. The Morgan fingerprint density at radius 1 is 0.581 bits per heavy atom. The first-order chi connectivity index (χ1) is 35.4. The fourth-order valence-corrected chi connectivity index (χ4v) is 12.4. The maximum absolute atomic E-state index is 19.3. The third-order valence-corrected chi connectivity index (χ3v) is 15.9. The van der Waals surface area contributed by atoms with Gasteiger partial charge < -0.3 is 41.7 Å². The zero-order chi connectivity index (χ0) is 53.4. The first-order valence-corrected chi connectivity index (χ1v) is 24.9. The van der Waals surface area contributed by atoms with Crippen molar-refractivity contribution in [3.05, 3.63) is 164 Å². The van der Waals surface area contributed by atoms with E-state index in [2.05, 4.69) is 21.3 Å². The molecule has 4 aromatic rings. The van der Waals surface area contributed by atoms with E-state index in [0.29, 0.717) is 25.9 Å². The highest BCUT2D eigenvalue weighted by molar-refractivity contribution is 6.19. The second-order valence-corrected chi connectivity index (χ2v) is 19.8. The van der Waals surface area contributed by atoms with Crippen LogP contribution < -0.4 is 21.3 Å². The van der Waals surface area contributed by atoms with E-state index < -0.39 is 156 Å². The summed E-state index contributed by atoms with van der Waals surface area (Å²) in [6.45, 7) is 2.95. The van der Waals surface area contributed by atoms with E-state index in [0.717, 1.165) is 36.4 Å². The fraction of sp³-hybridized carbons (Fsp3) is 0.386. The van der Waals surface area contributed by atoms with Crippen LogP contribution in [0.1, 0.15) is 81.5 Å². The molecule has 2 unspecified atom stereocenters. The van der Waals surface area contributed by atoms with E-state index in [1.165, 1.54) is 64.3 Å². The molecule has 0 radical (unpaired) electrons. The molecule has 2 heterocycles. The predicted molar refractivity (Wildman–Crippen MR) is 268 cm³/mol. The minimum Gasteiger partial charge on any atom is -0.505 e. The molecule has 0 bridgehead atoms. The number of halogens is 6. The van der Waals surface area contributed by atoms with Gasteiger partial charge in [-0.15, -0.1) is 0 Å². The smallest absolute Gasteiger partial charge is 0.193 e. The Morgan fingerprint density at radius 2 is 0.959 bits per heavy atom. The molecule has 8 rings (SSSR count). The summed E-state index contributed by atoms with van der Waals surface area (Å²) >= 11 is 0. The Kier molecular flexibility index (Phi) is 15.8. The third kappa shape index (κ3) is 8.84. The highest BCUT2D eigenvalue weighted by Gasteiger charge is 2.68. The number of aliphatic hydroxyl groups is 2. The molecular weight excluding hydrogens is 967 g/mol. The van der Waals surface area contributed by atoms with Crippen molar-refractivity contribution < 1.29 is 61.2 Å². The molecule has 74 heavy (non-hydrogen) atoms. The van der Waals surface area contributed by atoms with Gasteiger partial charge in [-0.25, -0.2) is 26.3 Å². The molecule has 0 amide bonds. The number of rotatable bonds is 16. The van der Waals surface area contributed by atoms with Crippen molar-refractivity contribution in [2.45, 2.75) is 52.4 Å². The van der Waals surface area contributed by atoms with E-state index in [1.807, 2.05) is 0 Å². The maximum atomic E-state index is 19.3. The molecule has 8 N–H and O–H groups in total. The SMILES string of the molecule is CNCC[C@]1(C(=O)[C@@]2(CCNC)C(F)=C(O)C(c3cccc(F)c3C)=C(C(=O)c3cccc(O)c3F)[C@@H]2C2CCCNC2)C(F)=C(O)C(c2cccc(F)c2C)=C(C(=O)c2cccc(O)c2F)[C@@H]1C1CCCNC1. The number of phenols is 2. The monoisotopic (exact) mass is 1030 g/mol. The molecule has 2 fully saturated rings. The lowest BCUT2D eigenvalue weighted by Crippen LogP contribution is -2.60. The molecule has 2 aliphatic heterocycles. The third-order valence-electron chi connectivity index (χ3n) is 15.9. The van der Waals surface area contributed by atoms with Crippen LogP contribution in [0.3, 0.4) is 0 Å². The molecule has 4 aliphatic rings. The van der Waals surface area contributed by atoms with Crippen LogP contribution in [0.4, 0.5) is 26.3 Å². The molecule has 11 nitrogen and oxygen atoms in total. The van der Waals surface area contributed by atoms with Crippen molar-refractivity contribution in [3.63, 3.8) is 0 Å². The molecule has 6 atom stereocenters. The number of allylic oxidation sites excluding steroid dienone is 6. The summed E-state index contributed by atoms with van der Waals surface area (Å²) in [4.78, 5) is 49.0. The normalized spacial score (nSPS) is 24.7. The summed E-state index contributed by atoms with van der Waals surface area (Å²) in [5, 5.41) is 59.3. The van der Waals surface area contributed by atoms with Crippen molar-refractivity contribution in [3.8, 4) is 11.5 Å². The summed E-state index contributed by atoms with van der Waals surface area (Å²) in [5.74, 6) is -21.4. The van der Waals surface area contributed by atoms with Crippen molar-refractivity contribution in [2.75, 3.05) is 53.4 Å². The Balaban J connectivity index is 1.56. The number of benzene rings is 4. The largest absolute Gasteiger partial charge is 0.505 e. The van der Waals surface area contributed by atoms with Crippen LogP contribution in [0, 0.1) is 71.6 Å². The Bertz CT molecular complexity index is 2830. The first-order valence-electron chi connectivity index (χ1n) is 24.9. The summed E-state index contributed by atoms with van der Waals surface area (Å²) in [5.41, 5.74) is -10.2. The van der Waals surface area contributed by atoms with Crippen LogP contribution in [-0.2, 0) is 4.79 Å². The average molecular weight is 1030 g/mol. The second-order valence-electron chi connectivity index (χ2n) is 19.8. The van der Waals surface area contributed by atoms with Gasteiger partial charge in [0.05, 0.1) is 22.0 Å². The van der Waals surface area contributed by atoms with Gasteiger partial charge in [-0.05, 0) is 176 Å². The van der Waals surface area contributed by atoms with Crippen LogP contribution in [0.5, 0.6) is 11.5 Å². The molecule has 4 aromatic carbocycles. The number of ketones is 3. The van der Waals surface area contributed by atoms with E-state index in [1.54, 1.807) is 0 Å². The highest BCUT2D eigenvalue weighted by atomic mass is 19.1. The van der Waals surface area contributed by atoms with Crippen LogP contribution in [-0.4, -0.2) is 91.1 Å². The summed E-state index contributed by atoms with van der Waals surface area (Å²) < 4.78 is 103. The van der Waals surface area contributed by atoms with Crippen molar-refractivity contribution in [2.24, 2.45) is 34.5 Å². The predicted octanol–water partition coefficient (Wildman–Crippen LogP) is 9.74. The lowest BCUT2D eigenvalue weighted by molar-refractivity contribution is -0.146. The minimum absolute atomic E-state index is 0.0194. The van der Waals surface area contributed by atoms with Gasteiger partial charge in [-0.2, -0.15) is 0 Å². The lowest BCUT2D eigenvalue weighted by Gasteiger charge is -2.54. The summed E-state index contributed by atoms with van der Waals surface area (Å²) in [6.07, 6.45) is -0.196. The Labute approximate surface area is 425 Å². The molecule has 0 spiro atoms. The van der Waals surface area contributed by atoms with Crippen molar-refractivity contribution >= 4 is 28.5 Å². The van der Waals surface area contributed by atoms with Gasteiger partial charge in [0.2, 0.25) is 0 Å². The van der Waals surface area contributed by atoms with Gasteiger partial charge in [0, 0.05) is 34.1 Å². The van der Waals surface area contributed by atoms with Gasteiger partial charge in [0.15, 0.2) is 63.7 Å². The highest BCUT2D eigenvalue weighted by Crippen LogP contribution is 2.65. The number of aromatic hydroxyl groups is 2. The minimum atomic E-state index is -2.89. The number of phenolic OH excluding ortho intramolecular Hbond substituents is 2. The van der Waals surface area contributed by atoms with E-state index in [9.17, 15) is 20.4 Å². The standard InChI is InChI=1S/C57H60F6N4O7/c1-29-33(13-5-17-37(29)58)41-43(49(70)35-15-7-19-39(68)47(35)60)45(31-11-9-23-66-27-31)56(21-25-64-3,53(62)51(41)72)55(74)57(22-26-65-4)46(32-12-10-24-67-28-32)44(50(71)36-16-8-20-40(69)48(36)61)42(52(73)54(57)63)34-14-6-18-38(59)30(34)2/h5-8,13-20,31-32,45-46,64-69,72-73H,9-12,21-28H2,1-4H3/t31?,32?,45-,46-,56+,57+/m0/s1. The number of aliphatic hydroxyl groups excluding tert-OH is 2. The number of nitrogens with one attached hydrogen (secondary N) is 4. The van der Waals surface area contributed by atoms with Crippen LogP contribution in [0.2, 0.25) is 0 Å². The van der Waals surface area contributed by atoms with Crippen LogP contribution >= 0.6 is 0 Å². The lowest BCUT2D eigenvalue weighted by atomic mass is 9.47. The number of piperidine rings is 2. The topological polar surface area (TPSA) is 180 Å². The molecular formula is C57H60F6N4O7. The second kappa shape index (κ2) is 21.7. The zero-order valence-corrected chi connectivity index (χ0v) is 41.5. The average Bonchev–Trinajstić information content (AvgIpc) is 3.40. The van der Waals surface area contributed by atoms with Gasteiger partial charge in [0.25, 0.3) is 0 Å². The number of hydrogen-bond donors (Lipinski definition) is 8. The van der Waals surface area contributed by atoms with E-state index in [4.69, 9.17) is 0 Å². The number of carbonyl (C=O) groups excluding carboxylic acids is 3. The molecule has 0 aromatic heterocycles. The Morgan fingerprint density at radius 3 is 1.31 bits per heavy atom. The summed E-state index contributed by atoms with van der Waals surface area (Å²) in [6, 6.07) is 13.8. The number of Topliss-reactive ketones (excluding diaryl/α,β-unsaturated/α-hetero) is 3. The summed E-state index contributed by atoms with van der Waals surface area (Å²) in [7, 11) is 2.98. The first kappa shape index (κ1) is 53.8. The number of hydrogen-bond acceptors (Lipinski definition) is 11. The molecule has 392 valence electrons. The van der Waals surface area contributed by atoms with Gasteiger partial charge in [-0.1, -0.05) is 36.4 Å². The molecule has 17 heteroatoms. The van der Waals surface area contributed by atoms with Crippen LogP contribution in [0.25, 0.3) is 11.1 Å². The molecule has 2 saturated heterocycles. The fourth-order valence-electron chi connectivity index (χ4n) is 12.4.